The van der Waals surface area contributed by atoms with Gasteiger partial charge in [-0.2, -0.15) is 0 Å². The summed E-state index contributed by atoms with van der Waals surface area (Å²) in [7, 11) is -0.339. The smallest absolute Gasteiger partial charge is 0.0202 e. The maximum absolute atomic E-state index is 2.51. The Morgan fingerprint density at radius 3 is 1.52 bits per heavy atom. The molecule has 0 aliphatic carbocycles. The normalized spacial score (nSPS) is 17.6. The molecule has 130 valence electrons. The third kappa shape index (κ3) is 7.44. The molecule has 0 aliphatic heterocycles. The van der Waals surface area contributed by atoms with E-state index in [2.05, 4.69) is 69.2 Å². The second kappa shape index (κ2) is 8.27. The molecule has 0 heterocycles. The van der Waals surface area contributed by atoms with Gasteiger partial charge in [-0.15, -0.1) is 0 Å². The Balaban J connectivity index is 4.64. The van der Waals surface area contributed by atoms with Crippen LogP contribution < -0.4 is 0 Å². The number of hydrogen-bond donors (Lipinski definition) is 0. The molecule has 0 spiro atoms. The van der Waals surface area contributed by atoms with Crippen LogP contribution in [0.15, 0.2) is 0 Å². The van der Waals surface area contributed by atoms with Crippen molar-refractivity contribution in [3.8, 4) is 0 Å². The highest BCUT2D eigenvalue weighted by molar-refractivity contribution is 8.33. The van der Waals surface area contributed by atoms with Gasteiger partial charge in [0.1, 0.15) is 0 Å². The second-order valence-electron chi connectivity index (χ2n) is 9.20. The molecule has 0 rings (SSSR count). The standard InChI is InChI=1S/C20H44S/c1-11-21(12-2,13-3)16-17(4)14-20(9,10)15-18(5)19(6,7)8/h17-18H,11-16H2,1-10H3. The van der Waals surface area contributed by atoms with Crippen LogP contribution in [-0.4, -0.2) is 23.0 Å². The van der Waals surface area contributed by atoms with E-state index in [1.807, 2.05) is 0 Å². The van der Waals surface area contributed by atoms with Crippen LogP contribution in [-0.2, 0) is 0 Å². The van der Waals surface area contributed by atoms with Crippen molar-refractivity contribution in [1.82, 2.24) is 0 Å². The molecule has 0 fully saturated rings. The Morgan fingerprint density at radius 1 is 0.762 bits per heavy atom. The van der Waals surface area contributed by atoms with Crippen molar-refractivity contribution in [2.75, 3.05) is 23.0 Å². The molecule has 0 aromatic rings. The summed E-state index contributed by atoms with van der Waals surface area (Å²) < 4.78 is 0. The van der Waals surface area contributed by atoms with Gasteiger partial charge in [0.2, 0.25) is 0 Å². The fourth-order valence-corrected chi connectivity index (χ4v) is 7.05. The molecule has 0 saturated carbocycles. The van der Waals surface area contributed by atoms with Crippen molar-refractivity contribution in [3.05, 3.63) is 0 Å². The molecule has 0 N–H and O–H groups in total. The quantitative estimate of drug-likeness (QED) is 0.430. The van der Waals surface area contributed by atoms with E-state index in [0.29, 0.717) is 10.8 Å². The SMILES string of the molecule is CCS(CC)(CC)CC(C)CC(C)(C)CC(C)C(C)(C)C. The van der Waals surface area contributed by atoms with Gasteiger partial charge < -0.3 is 0 Å². The Kier molecular flexibility index (Phi) is 8.41. The summed E-state index contributed by atoms with van der Waals surface area (Å²) in [6.07, 6.45) is 2.75. The monoisotopic (exact) mass is 316 g/mol. The van der Waals surface area contributed by atoms with Crippen molar-refractivity contribution < 1.29 is 0 Å². The molecule has 0 nitrogen and oxygen atoms in total. The predicted octanol–water partition coefficient (Wildman–Crippen LogP) is 6.98. The lowest BCUT2D eigenvalue weighted by molar-refractivity contribution is 0.151. The van der Waals surface area contributed by atoms with E-state index in [9.17, 15) is 0 Å². The summed E-state index contributed by atoms with van der Waals surface area (Å²) in [5.74, 6) is 7.42. The summed E-state index contributed by atoms with van der Waals surface area (Å²) in [5, 5.41) is 0. The number of rotatable bonds is 9. The molecule has 0 aromatic carbocycles. The van der Waals surface area contributed by atoms with E-state index in [1.165, 1.54) is 35.9 Å². The molecule has 0 aliphatic rings. The van der Waals surface area contributed by atoms with Gasteiger partial charge in [-0.25, -0.2) is 10.0 Å². The molecule has 0 bridgehead atoms. The molecule has 2 unspecified atom stereocenters. The van der Waals surface area contributed by atoms with E-state index in [4.69, 9.17) is 0 Å². The zero-order valence-electron chi connectivity index (χ0n) is 16.8. The summed E-state index contributed by atoms with van der Waals surface area (Å²) in [6.45, 7) is 24.3. The molecule has 0 saturated heterocycles. The van der Waals surface area contributed by atoms with Gasteiger partial charge in [0, 0.05) is 0 Å². The van der Waals surface area contributed by atoms with E-state index in [-0.39, 0.29) is 10.0 Å². The summed E-state index contributed by atoms with van der Waals surface area (Å²) in [6, 6.07) is 0. The van der Waals surface area contributed by atoms with Gasteiger partial charge in [-0.3, -0.25) is 0 Å². The first-order valence-electron chi connectivity index (χ1n) is 9.15. The van der Waals surface area contributed by atoms with E-state index in [0.717, 1.165) is 11.8 Å². The van der Waals surface area contributed by atoms with Gasteiger partial charge in [0.05, 0.1) is 0 Å². The molecule has 2 atom stereocenters. The third-order valence-electron chi connectivity index (χ3n) is 5.71. The first-order valence-corrected chi connectivity index (χ1v) is 11.5. The highest BCUT2D eigenvalue weighted by Gasteiger charge is 2.30. The van der Waals surface area contributed by atoms with E-state index >= 15 is 0 Å². The molecule has 0 amide bonds. The summed E-state index contributed by atoms with van der Waals surface area (Å²) >= 11 is 0. The zero-order valence-corrected chi connectivity index (χ0v) is 17.6. The van der Waals surface area contributed by atoms with Gasteiger partial charge in [-0.1, -0.05) is 69.2 Å². The van der Waals surface area contributed by atoms with Crippen LogP contribution in [0.5, 0.6) is 0 Å². The highest BCUT2D eigenvalue weighted by atomic mass is 32.3. The Hall–Kier alpha value is 0.350. The van der Waals surface area contributed by atoms with Crippen LogP contribution in [0.2, 0.25) is 0 Å². The minimum atomic E-state index is -0.339. The number of hydrogen-bond acceptors (Lipinski definition) is 0. The minimum Gasteiger partial charge on any atom is -0.241 e. The predicted molar refractivity (Wildman–Crippen MR) is 105 cm³/mol. The Labute approximate surface area is 138 Å². The minimum absolute atomic E-state index is 0.339. The topological polar surface area (TPSA) is 0 Å². The van der Waals surface area contributed by atoms with Crippen molar-refractivity contribution >= 4 is 10.0 Å². The van der Waals surface area contributed by atoms with Gasteiger partial charge >= 0.3 is 0 Å². The summed E-state index contributed by atoms with van der Waals surface area (Å²) in [5.41, 5.74) is 0.915. The average molecular weight is 317 g/mol. The molecular weight excluding hydrogens is 272 g/mol. The average Bonchev–Trinajstić information content (AvgIpc) is 2.33. The van der Waals surface area contributed by atoms with Crippen LogP contribution in [0.1, 0.15) is 82.1 Å². The van der Waals surface area contributed by atoms with Crippen LogP contribution in [0.25, 0.3) is 0 Å². The van der Waals surface area contributed by atoms with Gasteiger partial charge in [0.25, 0.3) is 0 Å². The Morgan fingerprint density at radius 2 is 1.19 bits per heavy atom. The third-order valence-corrected chi connectivity index (χ3v) is 10.7. The van der Waals surface area contributed by atoms with Crippen molar-refractivity contribution in [3.63, 3.8) is 0 Å². The fraction of sp³-hybridized carbons (Fsp3) is 1.00. The maximum atomic E-state index is 2.51. The molecular formula is C20H44S. The molecule has 0 radical (unpaired) electrons. The van der Waals surface area contributed by atoms with Crippen LogP contribution in [0.4, 0.5) is 0 Å². The van der Waals surface area contributed by atoms with Crippen molar-refractivity contribution in [1.29, 1.82) is 0 Å². The Bertz CT molecular complexity index is 272. The largest absolute Gasteiger partial charge is 0.241 e. The van der Waals surface area contributed by atoms with Gasteiger partial charge in [-0.05, 0) is 58.5 Å². The molecule has 1 heteroatoms. The van der Waals surface area contributed by atoms with E-state index in [1.54, 1.807) is 0 Å². The first-order chi connectivity index (χ1) is 9.41. The summed E-state index contributed by atoms with van der Waals surface area (Å²) in [4.78, 5) is 0. The second-order valence-corrected chi connectivity index (χ2v) is 13.7. The van der Waals surface area contributed by atoms with Crippen LogP contribution in [0, 0.1) is 22.7 Å². The zero-order chi connectivity index (χ0) is 16.9. The van der Waals surface area contributed by atoms with Crippen LogP contribution in [0.3, 0.4) is 0 Å². The van der Waals surface area contributed by atoms with E-state index < -0.39 is 0 Å². The van der Waals surface area contributed by atoms with Crippen LogP contribution >= 0.6 is 10.0 Å². The van der Waals surface area contributed by atoms with Crippen molar-refractivity contribution in [2.24, 2.45) is 22.7 Å². The first kappa shape index (κ1) is 21.4. The lowest BCUT2D eigenvalue weighted by Crippen LogP contribution is -2.28. The highest BCUT2D eigenvalue weighted by Crippen LogP contribution is 2.50. The van der Waals surface area contributed by atoms with Gasteiger partial charge in [0.15, 0.2) is 0 Å². The lowest BCUT2D eigenvalue weighted by atomic mass is 9.70. The maximum Gasteiger partial charge on any atom is -0.0202 e. The lowest BCUT2D eigenvalue weighted by Gasteiger charge is -2.42. The molecule has 0 aromatic heterocycles. The fourth-order valence-electron chi connectivity index (χ4n) is 3.79. The van der Waals surface area contributed by atoms with Crippen molar-refractivity contribution in [2.45, 2.75) is 82.1 Å². The molecule has 21 heavy (non-hydrogen) atoms.